The molecule has 1 heterocycles. The second-order valence-corrected chi connectivity index (χ2v) is 4.84. The molecule has 0 radical (unpaired) electrons. The fourth-order valence-corrected chi connectivity index (χ4v) is 1.96. The van der Waals surface area contributed by atoms with Crippen molar-refractivity contribution in [3.8, 4) is 0 Å². The normalized spacial score (nSPS) is 11.9. The van der Waals surface area contributed by atoms with E-state index in [0.29, 0.717) is 24.9 Å². The summed E-state index contributed by atoms with van der Waals surface area (Å²) in [5.74, 6) is -0.447. The lowest BCUT2D eigenvalue weighted by Gasteiger charge is -2.31. The van der Waals surface area contributed by atoms with Gasteiger partial charge in [-0.25, -0.2) is 9.97 Å². The lowest BCUT2D eigenvalue weighted by atomic mass is 10.1. The summed E-state index contributed by atoms with van der Waals surface area (Å²) in [4.78, 5) is 8.87. The summed E-state index contributed by atoms with van der Waals surface area (Å²) in [5, 5.41) is 3.19. The summed E-state index contributed by atoms with van der Waals surface area (Å²) < 4.78 is 11.5. The van der Waals surface area contributed by atoms with E-state index in [4.69, 9.17) is 15.2 Å². The topological polar surface area (TPSA) is 82.3 Å². The van der Waals surface area contributed by atoms with E-state index < -0.39 is 5.79 Å². The molecule has 1 aromatic heterocycles. The van der Waals surface area contributed by atoms with Crippen LogP contribution in [0.15, 0.2) is 6.07 Å². The zero-order valence-corrected chi connectivity index (χ0v) is 13.1. The molecule has 114 valence electrons. The molecule has 0 aliphatic rings. The predicted octanol–water partition coefficient (Wildman–Crippen LogP) is 1.79. The molecule has 0 fully saturated rings. The number of anilines is 1. The molecule has 6 heteroatoms. The van der Waals surface area contributed by atoms with Crippen LogP contribution in [-0.4, -0.2) is 35.8 Å². The first kappa shape index (κ1) is 16.8. The van der Waals surface area contributed by atoms with Gasteiger partial charge in [-0.15, -0.1) is 0 Å². The smallest absolute Gasteiger partial charge is 0.225 e. The van der Waals surface area contributed by atoms with Crippen molar-refractivity contribution >= 4 is 5.95 Å². The number of nitrogens with one attached hydrogen (secondary N) is 1. The van der Waals surface area contributed by atoms with E-state index >= 15 is 0 Å². The Hall–Kier alpha value is -1.24. The van der Waals surface area contributed by atoms with Gasteiger partial charge in [-0.05, 0) is 40.7 Å². The van der Waals surface area contributed by atoms with Crippen LogP contribution in [0.1, 0.15) is 39.1 Å². The van der Waals surface area contributed by atoms with E-state index in [1.165, 1.54) is 0 Å². The van der Waals surface area contributed by atoms with Gasteiger partial charge in [-0.1, -0.05) is 0 Å². The van der Waals surface area contributed by atoms with Gasteiger partial charge in [0, 0.05) is 24.9 Å². The molecule has 0 saturated carbocycles. The Kier molecular flexibility index (Phi) is 6.32. The quantitative estimate of drug-likeness (QED) is 0.707. The van der Waals surface area contributed by atoms with Gasteiger partial charge in [0.15, 0.2) is 0 Å². The van der Waals surface area contributed by atoms with Gasteiger partial charge in [0.25, 0.3) is 0 Å². The maximum atomic E-state index is 5.88. The lowest BCUT2D eigenvalue weighted by molar-refractivity contribution is -0.237. The minimum atomic E-state index is -1.01. The second kappa shape index (κ2) is 7.52. The molecule has 0 saturated heterocycles. The molecule has 0 bridgehead atoms. The summed E-state index contributed by atoms with van der Waals surface area (Å²) in [6.45, 7) is 11.0. The number of hydrogen-bond acceptors (Lipinski definition) is 6. The van der Waals surface area contributed by atoms with Crippen molar-refractivity contribution in [2.45, 2.75) is 46.4 Å². The highest BCUT2D eigenvalue weighted by Crippen LogP contribution is 2.26. The van der Waals surface area contributed by atoms with Crippen LogP contribution in [0.4, 0.5) is 5.95 Å². The molecule has 0 amide bonds. The fraction of sp³-hybridized carbons (Fsp3) is 0.714. The van der Waals surface area contributed by atoms with Crippen LogP contribution in [-0.2, 0) is 15.3 Å². The summed E-state index contributed by atoms with van der Waals surface area (Å²) in [5.41, 5.74) is 7.38. The second-order valence-electron chi connectivity index (χ2n) is 4.84. The van der Waals surface area contributed by atoms with Gasteiger partial charge in [0.1, 0.15) is 5.69 Å². The number of nitrogens with two attached hydrogens (primary N) is 1. The Morgan fingerprint density at radius 3 is 2.30 bits per heavy atom. The van der Waals surface area contributed by atoms with Crippen molar-refractivity contribution in [1.29, 1.82) is 0 Å². The Morgan fingerprint density at radius 1 is 1.25 bits per heavy atom. The molecule has 20 heavy (non-hydrogen) atoms. The number of nitrogens with zero attached hydrogens (tertiary/aromatic N) is 2. The average molecular weight is 282 g/mol. The highest BCUT2D eigenvalue weighted by molar-refractivity contribution is 5.30. The number of ether oxygens (including phenoxy) is 2. The summed E-state index contributed by atoms with van der Waals surface area (Å²) in [7, 11) is 0. The fourth-order valence-electron chi connectivity index (χ4n) is 1.96. The van der Waals surface area contributed by atoms with E-state index in [-0.39, 0.29) is 12.6 Å². The number of hydrogen-bond donors (Lipinski definition) is 2. The molecule has 0 atom stereocenters. The van der Waals surface area contributed by atoms with Crippen molar-refractivity contribution < 1.29 is 9.47 Å². The first-order chi connectivity index (χ1) is 9.47. The van der Waals surface area contributed by atoms with Gasteiger partial charge in [0.05, 0.1) is 6.54 Å². The summed E-state index contributed by atoms with van der Waals surface area (Å²) in [6, 6.07) is 2.10. The van der Waals surface area contributed by atoms with E-state index in [1.54, 1.807) is 0 Å². The molecular weight excluding hydrogens is 256 g/mol. The van der Waals surface area contributed by atoms with Crippen molar-refractivity contribution in [2.24, 2.45) is 5.73 Å². The molecule has 6 nitrogen and oxygen atoms in total. The van der Waals surface area contributed by atoms with E-state index in [2.05, 4.69) is 15.3 Å². The first-order valence-corrected chi connectivity index (χ1v) is 7.08. The molecule has 0 spiro atoms. The first-order valence-electron chi connectivity index (χ1n) is 7.08. The van der Waals surface area contributed by atoms with Gasteiger partial charge < -0.3 is 20.5 Å². The van der Waals surface area contributed by atoms with Crippen molar-refractivity contribution in [3.05, 3.63) is 17.5 Å². The largest absolute Gasteiger partial charge is 0.352 e. The van der Waals surface area contributed by atoms with Gasteiger partial charge >= 0.3 is 0 Å². The van der Waals surface area contributed by atoms with E-state index in [1.807, 2.05) is 40.7 Å². The Morgan fingerprint density at radius 2 is 1.85 bits per heavy atom. The molecule has 1 aromatic rings. The molecular formula is C14H26N4O2. The Balaban J connectivity index is 3.21. The summed E-state index contributed by atoms with van der Waals surface area (Å²) >= 11 is 0. The number of rotatable bonds is 8. The maximum Gasteiger partial charge on any atom is 0.225 e. The number of aryl methyl sites for hydroxylation is 1. The monoisotopic (exact) mass is 282 g/mol. The third kappa shape index (κ3) is 4.13. The van der Waals surface area contributed by atoms with Crippen molar-refractivity contribution in [1.82, 2.24) is 9.97 Å². The SMILES string of the molecule is CCOC(CN)(OCC)c1cc(C)nc(NC(C)C)n1. The van der Waals surface area contributed by atoms with Crippen LogP contribution in [0.25, 0.3) is 0 Å². The molecule has 0 aromatic carbocycles. The van der Waals surface area contributed by atoms with Crippen LogP contribution in [0, 0.1) is 6.92 Å². The van der Waals surface area contributed by atoms with Gasteiger partial charge in [-0.2, -0.15) is 0 Å². The molecule has 0 aliphatic carbocycles. The van der Waals surface area contributed by atoms with E-state index in [0.717, 1.165) is 5.69 Å². The number of aromatic nitrogens is 2. The minimum absolute atomic E-state index is 0.201. The van der Waals surface area contributed by atoms with Gasteiger partial charge in [-0.3, -0.25) is 0 Å². The predicted molar refractivity (Wildman–Crippen MR) is 79.5 cm³/mol. The molecule has 0 aliphatic heterocycles. The molecule has 3 N–H and O–H groups in total. The average Bonchev–Trinajstić information content (AvgIpc) is 2.36. The van der Waals surface area contributed by atoms with Gasteiger partial charge in [0.2, 0.25) is 11.7 Å². The Labute approximate surface area is 121 Å². The standard InChI is InChI=1S/C14H26N4O2/c1-6-19-14(9-15,20-7-2)12-8-11(5)17-13(18-12)16-10(3)4/h8,10H,6-7,9,15H2,1-5H3,(H,16,17,18). The van der Waals surface area contributed by atoms with Crippen LogP contribution >= 0.6 is 0 Å². The van der Waals surface area contributed by atoms with Crippen molar-refractivity contribution in [3.63, 3.8) is 0 Å². The maximum absolute atomic E-state index is 5.88. The van der Waals surface area contributed by atoms with Crippen LogP contribution in [0.2, 0.25) is 0 Å². The highest BCUT2D eigenvalue weighted by atomic mass is 16.7. The third-order valence-electron chi connectivity index (χ3n) is 2.69. The minimum Gasteiger partial charge on any atom is -0.352 e. The lowest BCUT2D eigenvalue weighted by Crippen LogP contribution is -2.42. The zero-order chi connectivity index (χ0) is 15.2. The van der Waals surface area contributed by atoms with Crippen LogP contribution < -0.4 is 11.1 Å². The molecule has 0 unspecified atom stereocenters. The summed E-state index contributed by atoms with van der Waals surface area (Å²) in [6.07, 6.45) is 0. The molecule has 1 rings (SSSR count). The third-order valence-corrected chi connectivity index (χ3v) is 2.69. The van der Waals surface area contributed by atoms with E-state index in [9.17, 15) is 0 Å². The zero-order valence-electron chi connectivity index (χ0n) is 13.1. The van der Waals surface area contributed by atoms with Crippen LogP contribution in [0.3, 0.4) is 0 Å². The van der Waals surface area contributed by atoms with Crippen LogP contribution in [0.5, 0.6) is 0 Å². The highest BCUT2D eigenvalue weighted by Gasteiger charge is 2.34. The Bertz CT molecular complexity index is 418. The van der Waals surface area contributed by atoms with Crippen molar-refractivity contribution in [2.75, 3.05) is 25.1 Å².